The maximum absolute atomic E-state index is 5.93. The van der Waals surface area contributed by atoms with Crippen molar-refractivity contribution in [2.45, 2.75) is 0 Å². The van der Waals surface area contributed by atoms with E-state index in [1.807, 2.05) is 36.4 Å². The van der Waals surface area contributed by atoms with Crippen LogP contribution < -0.4 is 21.2 Å². The van der Waals surface area contributed by atoms with Crippen molar-refractivity contribution < 1.29 is 21.2 Å². The van der Waals surface area contributed by atoms with Gasteiger partial charge in [0.05, 0.1) is 0 Å². The van der Waals surface area contributed by atoms with Gasteiger partial charge in [-0.15, -0.1) is 0 Å². The molecule has 0 heterocycles. The Morgan fingerprint density at radius 2 is 1.20 bits per heavy atom. The van der Waals surface area contributed by atoms with Gasteiger partial charge in [0, 0.05) is 0 Å². The van der Waals surface area contributed by atoms with E-state index in [1.54, 1.807) is 0 Å². The molecular weight excluding hydrogens is 342 g/mol. The number of hydrogen-bond acceptors (Lipinski definition) is 0. The molecule has 0 aliphatic carbocycles. The average Bonchev–Trinajstić information content (AvgIpc) is 2.17. The molecule has 0 aliphatic rings. The van der Waals surface area contributed by atoms with Crippen molar-refractivity contribution in [2.24, 2.45) is 0 Å². The number of benzene rings is 2. The predicted molar refractivity (Wildman–Crippen MR) is 60.3 cm³/mol. The van der Waals surface area contributed by atoms with E-state index in [0.717, 1.165) is 10.0 Å². The van der Waals surface area contributed by atoms with E-state index >= 15 is 0 Å². The number of halogens is 3. The summed E-state index contributed by atoms with van der Waals surface area (Å²) in [7, 11) is 0. The van der Waals surface area contributed by atoms with Crippen molar-refractivity contribution in [1.29, 1.82) is 0 Å². The first-order valence-corrected chi connectivity index (χ1v) is 7.31. The van der Waals surface area contributed by atoms with E-state index in [1.165, 1.54) is 7.14 Å². The van der Waals surface area contributed by atoms with Crippen LogP contribution in [0.5, 0.6) is 0 Å². The van der Waals surface area contributed by atoms with E-state index < -0.39 is 0 Å². The molecule has 15 heavy (non-hydrogen) atoms. The summed E-state index contributed by atoms with van der Waals surface area (Å²) >= 11 is 11.7. The van der Waals surface area contributed by atoms with Crippen LogP contribution in [0.25, 0.3) is 0 Å². The molecule has 0 saturated heterocycles. The molecule has 2 rings (SSSR count). The van der Waals surface area contributed by atoms with Gasteiger partial charge in [-0.2, -0.15) is 0 Å². The van der Waals surface area contributed by atoms with Crippen LogP contribution in [0.3, 0.4) is 0 Å². The first kappa shape index (κ1) is 11.2. The van der Waals surface area contributed by atoms with Gasteiger partial charge >= 0.3 is 110 Å². The molecule has 0 N–H and O–H groups in total. The van der Waals surface area contributed by atoms with E-state index in [4.69, 9.17) is 23.2 Å². The van der Waals surface area contributed by atoms with E-state index in [2.05, 4.69) is 12.1 Å². The fourth-order valence-electron chi connectivity index (χ4n) is 1.16. The Labute approximate surface area is 109 Å². The average molecular weight is 350 g/mol. The van der Waals surface area contributed by atoms with Crippen molar-refractivity contribution in [3.63, 3.8) is 0 Å². The molecule has 2 aromatic carbocycles. The van der Waals surface area contributed by atoms with Crippen molar-refractivity contribution in [2.75, 3.05) is 0 Å². The summed E-state index contributed by atoms with van der Waals surface area (Å²) in [4.78, 5) is 0. The second-order valence-corrected chi connectivity index (χ2v) is 6.88. The van der Waals surface area contributed by atoms with Gasteiger partial charge in [0.25, 0.3) is 0 Å². The molecule has 0 nitrogen and oxygen atoms in total. The molecule has 0 fully saturated rings. The third kappa shape index (κ3) is 3.37. The predicted octanol–water partition coefficient (Wildman–Crippen LogP) is 1.12. The van der Waals surface area contributed by atoms with Gasteiger partial charge in [-0.3, -0.25) is 0 Å². The zero-order chi connectivity index (χ0) is 10.7. The van der Waals surface area contributed by atoms with E-state index in [0.29, 0.717) is 0 Å². The summed E-state index contributed by atoms with van der Waals surface area (Å²) in [5, 5.41) is 1.60. The van der Waals surface area contributed by atoms with Crippen LogP contribution in [0.2, 0.25) is 10.0 Å². The summed E-state index contributed by atoms with van der Waals surface area (Å²) in [6, 6.07) is 16.0. The Morgan fingerprint density at radius 3 is 1.60 bits per heavy atom. The first-order chi connectivity index (χ1) is 7.24. The van der Waals surface area contributed by atoms with Crippen molar-refractivity contribution >= 4 is 23.2 Å². The fraction of sp³-hybridized carbons (Fsp3) is 0. The van der Waals surface area contributed by atoms with Crippen LogP contribution in [0.4, 0.5) is 0 Å². The zero-order valence-electron chi connectivity index (χ0n) is 7.75. The summed E-state index contributed by atoms with van der Waals surface area (Å²) < 4.78 is 2.62. The Hall–Kier alpha value is -0.250. The number of rotatable bonds is 2. The van der Waals surface area contributed by atoms with Crippen LogP contribution in [0.1, 0.15) is 0 Å². The molecule has 0 amide bonds. The normalized spacial score (nSPS) is 10.5. The summed E-state index contributed by atoms with van der Waals surface area (Å²) in [5.41, 5.74) is 0. The van der Waals surface area contributed by atoms with Crippen LogP contribution in [0.15, 0.2) is 48.5 Å². The van der Waals surface area contributed by atoms with Gasteiger partial charge in [0.15, 0.2) is 0 Å². The molecule has 0 bridgehead atoms. The van der Waals surface area contributed by atoms with Crippen molar-refractivity contribution in [1.82, 2.24) is 0 Å². The molecule has 0 spiro atoms. The van der Waals surface area contributed by atoms with Gasteiger partial charge in [0.2, 0.25) is 0 Å². The Morgan fingerprint density at radius 1 is 0.733 bits per heavy atom. The van der Waals surface area contributed by atoms with Crippen LogP contribution in [-0.2, 0) is 0 Å². The molecule has 3 heteroatoms. The van der Waals surface area contributed by atoms with Crippen LogP contribution >= 0.6 is 23.2 Å². The molecule has 0 radical (unpaired) electrons. The Bertz CT molecular complexity index is 425. The van der Waals surface area contributed by atoms with Gasteiger partial charge in [0.1, 0.15) is 0 Å². The van der Waals surface area contributed by atoms with Gasteiger partial charge in [-0.05, 0) is 0 Å². The van der Waals surface area contributed by atoms with Gasteiger partial charge < -0.3 is 0 Å². The summed E-state index contributed by atoms with van der Waals surface area (Å²) in [6.45, 7) is 0. The third-order valence-electron chi connectivity index (χ3n) is 1.79. The van der Waals surface area contributed by atoms with Crippen molar-refractivity contribution in [3.8, 4) is 0 Å². The second kappa shape index (κ2) is 5.19. The van der Waals surface area contributed by atoms with E-state index in [9.17, 15) is 0 Å². The number of hydrogen-bond donors (Lipinski definition) is 0. The molecule has 0 aliphatic heterocycles. The molecule has 0 unspecified atom stereocenters. The van der Waals surface area contributed by atoms with Crippen LogP contribution in [0, 0.1) is 7.14 Å². The minimum atomic E-state index is -0.174. The topological polar surface area (TPSA) is 0 Å². The summed E-state index contributed by atoms with van der Waals surface area (Å²) in [5.74, 6) is 0. The van der Waals surface area contributed by atoms with Gasteiger partial charge in [-0.1, -0.05) is 0 Å². The SMILES string of the molecule is Clc1cccc([I-]c2cccc(Cl)c2)c1. The molecular formula is C12H8Cl2I-. The first-order valence-electron chi connectivity index (χ1n) is 4.40. The minimum absolute atomic E-state index is 0.174. The molecule has 78 valence electrons. The van der Waals surface area contributed by atoms with E-state index in [-0.39, 0.29) is 21.2 Å². The maximum atomic E-state index is 5.93. The molecule has 0 aromatic heterocycles. The summed E-state index contributed by atoms with van der Waals surface area (Å²) in [6.07, 6.45) is 0. The standard InChI is InChI=1S/C12H8Cl2I/c13-9-3-1-5-11(7-9)15-12-6-2-4-10(14)8-12/h1-8H/q-1. The Kier molecular flexibility index (Phi) is 3.89. The molecule has 0 saturated carbocycles. The second-order valence-electron chi connectivity index (χ2n) is 2.97. The van der Waals surface area contributed by atoms with Gasteiger partial charge in [-0.25, -0.2) is 0 Å². The zero-order valence-corrected chi connectivity index (χ0v) is 11.4. The third-order valence-corrected chi connectivity index (χ3v) is 4.85. The van der Waals surface area contributed by atoms with Crippen LogP contribution in [-0.4, -0.2) is 0 Å². The van der Waals surface area contributed by atoms with Crippen molar-refractivity contribution in [3.05, 3.63) is 65.7 Å². The molecule has 2 aromatic rings. The molecule has 0 atom stereocenters. The Balaban J connectivity index is 2.22. The monoisotopic (exact) mass is 349 g/mol. The fourth-order valence-corrected chi connectivity index (χ4v) is 4.39. The quantitative estimate of drug-likeness (QED) is 0.713.